The lowest BCUT2D eigenvalue weighted by molar-refractivity contribution is -0.139. The molecule has 0 spiro atoms. The van der Waals surface area contributed by atoms with Crippen molar-refractivity contribution in [3.63, 3.8) is 0 Å². The predicted molar refractivity (Wildman–Crippen MR) is 145 cm³/mol. The third-order valence-corrected chi connectivity index (χ3v) is 7.72. The van der Waals surface area contributed by atoms with Crippen LogP contribution in [0.25, 0.3) is 0 Å². The lowest BCUT2D eigenvalue weighted by atomic mass is 10.2. The van der Waals surface area contributed by atoms with Gasteiger partial charge in [0.15, 0.2) is 0 Å². The van der Waals surface area contributed by atoms with Crippen LogP contribution in [0.5, 0.6) is 0 Å². The number of nitrogens with one attached hydrogen (secondary N) is 1. The van der Waals surface area contributed by atoms with E-state index < -0.39 is 0 Å². The van der Waals surface area contributed by atoms with Gasteiger partial charge in [-0.05, 0) is 12.1 Å². The Morgan fingerprint density at radius 1 is 0.641 bits per heavy atom. The Balaban J connectivity index is 1.33. The summed E-state index contributed by atoms with van der Waals surface area (Å²) in [7, 11) is 0. The van der Waals surface area contributed by atoms with Crippen molar-refractivity contribution in [1.29, 1.82) is 0 Å². The third kappa shape index (κ3) is 8.45. The molecule has 1 aromatic heterocycles. The molecule has 12 nitrogen and oxygen atoms in total. The molecule has 4 rings (SSSR count). The number of piperazine rings is 2. The molecule has 0 atom stereocenters. The molecule has 12 heteroatoms. The minimum atomic E-state index is 0.0534. The number of hydrogen-bond donors (Lipinski definition) is 1. The quantitative estimate of drug-likeness (QED) is 0.498. The minimum Gasteiger partial charge on any atom is -0.339 e. The maximum Gasteiger partial charge on any atom is 0.236 e. The summed E-state index contributed by atoms with van der Waals surface area (Å²) in [5.41, 5.74) is 1.79. The number of aromatic nitrogens is 1. The van der Waals surface area contributed by atoms with Gasteiger partial charge in [0, 0.05) is 105 Å². The molecule has 1 N–H and O–H groups in total. The van der Waals surface area contributed by atoms with E-state index in [0.29, 0.717) is 91.6 Å². The fourth-order valence-electron chi connectivity index (χ4n) is 5.32. The molecule has 4 amide bonds. The van der Waals surface area contributed by atoms with Crippen LogP contribution < -0.4 is 5.32 Å². The molecule has 0 aromatic carbocycles. The third-order valence-electron chi connectivity index (χ3n) is 7.72. The molecule has 214 valence electrons. The van der Waals surface area contributed by atoms with Crippen molar-refractivity contribution in [2.75, 3.05) is 91.6 Å². The number of nitrogens with zero attached hydrogens (tertiary/aromatic N) is 7. The summed E-state index contributed by atoms with van der Waals surface area (Å²) >= 11 is 0. The van der Waals surface area contributed by atoms with Crippen molar-refractivity contribution < 1.29 is 19.2 Å². The van der Waals surface area contributed by atoms with Crippen LogP contribution >= 0.6 is 0 Å². The summed E-state index contributed by atoms with van der Waals surface area (Å²) in [6, 6.07) is 5.95. The molecular weight excluding hydrogens is 500 g/mol. The fourth-order valence-corrected chi connectivity index (χ4v) is 5.32. The topological polar surface area (TPSA) is 113 Å². The smallest absolute Gasteiger partial charge is 0.236 e. The summed E-state index contributed by atoms with van der Waals surface area (Å²) in [5, 5.41) is 3.47. The van der Waals surface area contributed by atoms with Gasteiger partial charge in [-0.25, -0.2) is 0 Å². The van der Waals surface area contributed by atoms with E-state index in [4.69, 9.17) is 4.98 Å². The second kappa shape index (κ2) is 13.8. The van der Waals surface area contributed by atoms with E-state index in [2.05, 4.69) is 15.1 Å². The Kier molecular flexibility index (Phi) is 10.2. The summed E-state index contributed by atoms with van der Waals surface area (Å²) in [4.78, 5) is 65.7. The van der Waals surface area contributed by atoms with Crippen molar-refractivity contribution in [3.05, 3.63) is 29.6 Å². The molecule has 0 aliphatic carbocycles. The summed E-state index contributed by atoms with van der Waals surface area (Å²) in [6.07, 6.45) is 0. The Labute approximate surface area is 230 Å². The molecule has 0 saturated carbocycles. The molecule has 3 aliphatic rings. The number of pyridine rings is 1. The Morgan fingerprint density at radius 3 is 1.41 bits per heavy atom. The highest BCUT2D eigenvalue weighted by atomic mass is 16.2. The zero-order chi connectivity index (χ0) is 27.8. The number of hydrogen-bond acceptors (Lipinski definition) is 8. The van der Waals surface area contributed by atoms with Gasteiger partial charge in [0.05, 0.1) is 24.5 Å². The predicted octanol–water partition coefficient (Wildman–Crippen LogP) is -1.33. The van der Waals surface area contributed by atoms with Gasteiger partial charge < -0.3 is 24.9 Å². The summed E-state index contributed by atoms with van der Waals surface area (Å²) in [5.74, 6) is 0.265. The highest BCUT2D eigenvalue weighted by Crippen LogP contribution is 2.11. The van der Waals surface area contributed by atoms with E-state index in [0.717, 1.165) is 24.5 Å². The second-order valence-electron chi connectivity index (χ2n) is 10.6. The van der Waals surface area contributed by atoms with E-state index in [1.54, 1.807) is 23.6 Å². The first kappa shape index (κ1) is 28.9. The van der Waals surface area contributed by atoms with Gasteiger partial charge in [-0.1, -0.05) is 6.07 Å². The zero-order valence-electron chi connectivity index (χ0n) is 23.3. The van der Waals surface area contributed by atoms with Gasteiger partial charge in [-0.15, -0.1) is 0 Å². The van der Waals surface area contributed by atoms with Crippen LogP contribution in [0.1, 0.15) is 25.2 Å². The molecule has 39 heavy (non-hydrogen) atoms. The number of carbonyl (C=O) groups is 4. The average Bonchev–Trinajstić information content (AvgIpc) is 2.92. The van der Waals surface area contributed by atoms with Gasteiger partial charge in [0.2, 0.25) is 23.6 Å². The molecule has 0 radical (unpaired) electrons. The molecule has 1 aromatic rings. The van der Waals surface area contributed by atoms with Gasteiger partial charge in [0.25, 0.3) is 0 Å². The molecule has 3 aliphatic heterocycles. The minimum absolute atomic E-state index is 0.0534. The van der Waals surface area contributed by atoms with E-state index in [1.807, 2.05) is 28.0 Å². The van der Waals surface area contributed by atoms with Crippen LogP contribution in [0.4, 0.5) is 0 Å². The van der Waals surface area contributed by atoms with E-state index in [1.165, 1.54) is 0 Å². The van der Waals surface area contributed by atoms with Gasteiger partial charge >= 0.3 is 0 Å². The number of carbonyl (C=O) groups excluding carboxylic acids is 4. The van der Waals surface area contributed by atoms with E-state index in [-0.39, 0.29) is 23.6 Å². The molecule has 0 unspecified atom stereocenters. The Morgan fingerprint density at radius 2 is 1.03 bits per heavy atom. The molecular formula is C27H42N8O4. The molecule has 4 heterocycles. The molecule has 2 fully saturated rings. The first-order valence-electron chi connectivity index (χ1n) is 14.0. The second-order valence-corrected chi connectivity index (χ2v) is 10.6. The van der Waals surface area contributed by atoms with Crippen LogP contribution in [0, 0.1) is 0 Å². The number of fused-ring (bicyclic) bond motifs is 2. The van der Waals surface area contributed by atoms with Gasteiger partial charge in [0.1, 0.15) is 0 Å². The molecule has 2 bridgehead atoms. The summed E-state index contributed by atoms with van der Waals surface area (Å²) < 4.78 is 0. The summed E-state index contributed by atoms with van der Waals surface area (Å²) in [6.45, 7) is 12.3. The number of amides is 4. The lowest BCUT2D eigenvalue weighted by Gasteiger charge is -2.35. The van der Waals surface area contributed by atoms with Crippen molar-refractivity contribution >= 4 is 23.6 Å². The standard InChI is InChI=1S/C27H42N8O4/c1-22(36)32-10-14-34(15-11-32)26(38)20-30-8-6-28-7-9-31(19-25-5-3-4-24(18-30)29-25)21-27(39)35-16-12-33(13-17-35)23(2)37/h3-5,28H,6-21H2,1-2H3. The Bertz CT molecular complexity index is 946. The van der Waals surface area contributed by atoms with Crippen molar-refractivity contribution in [2.45, 2.75) is 26.9 Å². The Hall–Kier alpha value is -3.09. The van der Waals surface area contributed by atoms with Crippen molar-refractivity contribution in [2.24, 2.45) is 0 Å². The van der Waals surface area contributed by atoms with Crippen LogP contribution in [0.15, 0.2) is 18.2 Å². The van der Waals surface area contributed by atoms with Crippen LogP contribution in [0.2, 0.25) is 0 Å². The first-order chi connectivity index (χ1) is 18.8. The zero-order valence-corrected chi connectivity index (χ0v) is 23.3. The maximum absolute atomic E-state index is 13.0. The largest absolute Gasteiger partial charge is 0.339 e. The van der Waals surface area contributed by atoms with Crippen LogP contribution in [0.3, 0.4) is 0 Å². The van der Waals surface area contributed by atoms with Crippen molar-refractivity contribution in [1.82, 2.24) is 39.7 Å². The highest BCUT2D eigenvalue weighted by Gasteiger charge is 2.26. The van der Waals surface area contributed by atoms with E-state index in [9.17, 15) is 19.2 Å². The fraction of sp³-hybridized carbons (Fsp3) is 0.667. The normalized spacial score (nSPS) is 20.3. The number of rotatable bonds is 4. The highest BCUT2D eigenvalue weighted by molar-refractivity contribution is 5.80. The van der Waals surface area contributed by atoms with Gasteiger partial charge in [-0.3, -0.25) is 34.0 Å². The SMILES string of the molecule is CC(=O)N1CCN(C(=O)CN2CCNCCN(CC(=O)N3CCN(C(C)=O)CC3)Cc3cccc(n3)C2)CC1. The lowest BCUT2D eigenvalue weighted by Crippen LogP contribution is -2.53. The van der Waals surface area contributed by atoms with E-state index >= 15 is 0 Å². The molecule has 2 saturated heterocycles. The maximum atomic E-state index is 13.0. The monoisotopic (exact) mass is 542 g/mol. The van der Waals surface area contributed by atoms with Gasteiger partial charge in [-0.2, -0.15) is 0 Å². The van der Waals surface area contributed by atoms with Crippen LogP contribution in [-0.4, -0.2) is 150 Å². The first-order valence-corrected chi connectivity index (χ1v) is 14.0. The van der Waals surface area contributed by atoms with Crippen LogP contribution in [-0.2, 0) is 32.3 Å². The van der Waals surface area contributed by atoms with Crippen molar-refractivity contribution in [3.8, 4) is 0 Å². The average molecular weight is 543 g/mol.